The minimum atomic E-state index is -5.09. The van der Waals surface area contributed by atoms with Gasteiger partial charge in [-0.2, -0.15) is 13.2 Å². The molecule has 0 aromatic carbocycles. The van der Waals surface area contributed by atoms with Crippen molar-refractivity contribution in [3.63, 3.8) is 0 Å². The van der Waals surface area contributed by atoms with E-state index in [1.807, 2.05) is 0 Å². The molecule has 29 heavy (non-hydrogen) atoms. The van der Waals surface area contributed by atoms with Gasteiger partial charge >= 0.3 is 12.1 Å². The van der Waals surface area contributed by atoms with Gasteiger partial charge < -0.3 is 15.0 Å². The van der Waals surface area contributed by atoms with Crippen LogP contribution in [0, 0.1) is 0 Å². The largest absolute Gasteiger partial charge is 0.471 e. The van der Waals surface area contributed by atoms with Crippen LogP contribution in [-0.4, -0.2) is 53.2 Å². The highest BCUT2D eigenvalue weighted by atomic mass is 19.4. The lowest BCUT2D eigenvalue weighted by atomic mass is 9.94. The number of carbonyl (C=O) groups excluding carboxylic acids is 2. The number of nitrogens with zero attached hydrogens (tertiary/aromatic N) is 2. The summed E-state index contributed by atoms with van der Waals surface area (Å²) in [6, 6.07) is 1.46. The summed E-state index contributed by atoms with van der Waals surface area (Å²) in [6.45, 7) is 0.149. The predicted octanol–water partition coefficient (Wildman–Crippen LogP) is 3.14. The normalized spacial score (nSPS) is 21.6. The molecule has 0 radical (unpaired) electrons. The maximum atomic E-state index is 13.4. The Morgan fingerprint density at radius 2 is 1.83 bits per heavy atom. The Bertz CT molecular complexity index is 687. The maximum absolute atomic E-state index is 13.4. The van der Waals surface area contributed by atoms with Crippen molar-refractivity contribution in [2.75, 3.05) is 13.2 Å². The number of ether oxygens (including phenoxy) is 1. The lowest BCUT2D eigenvalue weighted by molar-refractivity contribution is -0.190. The standard InChI is InChI=1S/C20H26F3N3O3/c21-20(22,23)19(28)26(13-16-7-4-12-29-16)17(14-8-10-24-11-9-14)18(27)25-15-5-2-1-3-6-15/h8-11,15-17H,1-7,12-13H2,(H,25,27)/t16-,17-/m0/s1. The molecule has 0 unspecified atom stereocenters. The zero-order valence-electron chi connectivity index (χ0n) is 16.2. The van der Waals surface area contributed by atoms with Crippen LogP contribution >= 0.6 is 0 Å². The molecule has 2 amide bonds. The minimum Gasteiger partial charge on any atom is -0.376 e. The molecule has 9 heteroatoms. The van der Waals surface area contributed by atoms with Gasteiger partial charge in [-0.15, -0.1) is 0 Å². The van der Waals surface area contributed by atoms with Gasteiger partial charge in [-0.1, -0.05) is 19.3 Å². The number of halogens is 3. The molecule has 1 aliphatic carbocycles. The summed E-state index contributed by atoms with van der Waals surface area (Å²) in [7, 11) is 0. The lowest BCUT2D eigenvalue weighted by Gasteiger charge is -2.34. The van der Waals surface area contributed by atoms with Crippen molar-refractivity contribution in [3.8, 4) is 0 Å². The molecule has 0 spiro atoms. The summed E-state index contributed by atoms with van der Waals surface area (Å²) in [5, 5.41) is 2.87. The first-order valence-corrected chi connectivity index (χ1v) is 10.1. The molecule has 160 valence electrons. The second-order valence-corrected chi connectivity index (χ2v) is 7.62. The van der Waals surface area contributed by atoms with Gasteiger partial charge in [0.25, 0.3) is 0 Å². The van der Waals surface area contributed by atoms with Gasteiger partial charge in [-0.25, -0.2) is 0 Å². The third-order valence-electron chi connectivity index (χ3n) is 5.46. The molecule has 0 bridgehead atoms. The zero-order chi connectivity index (χ0) is 20.9. The minimum absolute atomic E-state index is 0.0915. The van der Waals surface area contributed by atoms with Crippen molar-refractivity contribution in [1.29, 1.82) is 0 Å². The fourth-order valence-corrected chi connectivity index (χ4v) is 4.02. The Hall–Kier alpha value is -2.16. The summed E-state index contributed by atoms with van der Waals surface area (Å²) in [5.41, 5.74) is 0.295. The SMILES string of the molecule is O=C(NC1CCCCC1)[C@H](c1ccncc1)N(C[C@@H]1CCCO1)C(=O)C(F)(F)F. The number of alkyl halides is 3. The highest BCUT2D eigenvalue weighted by Crippen LogP contribution is 2.30. The molecule has 1 N–H and O–H groups in total. The van der Waals surface area contributed by atoms with Gasteiger partial charge in [-0.3, -0.25) is 14.6 Å². The van der Waals surface area contributed by atoms with Crippen LogP contribution < -0.4 is 5.32 Å². The average Bonchev–Trinajstić information content (AvgIpc) is 3.21. The molecule has 1 aromatic rings. The first-order chi connectivity index (χ1) is 13.9. The summed E-state index contributed by atoms with van der Waals surface area (Å²) in [5.74, 6) is -2.63. The monoisotopic (exact) mass is 413 g/mol. The molecule has 1 saturated heterocycles. The number of pyridine rings is 1. The summed E-state index contributed by atoms with van der Waals surface area (Å²) < 4.78 is 45.6. The Kier molecular flexibility index (Phi) is 7.10. The van der Waals surface area contributed by atoms with E-state index in [0.717, 1.165) is 32.1 Å². The van der Waals surface area contributed by atoms with E-state index in [4.69, 9.17) is 4.74 Å². The van der Waals surface area contributed by atoms with E-state index in [9.17, 15) is 22.8 Å². The molecule has 2 aliphatic rings. The highest BCUT2D eigenvalue weighted by molar-refractivity contribution is 5.91. The van der Waals surface area contributed by atoms with Crippen LogP contribution in [0.5, 0.6) is 0 Å². The molecular formula is C20H26F3N3O3. The molecule has 3 rings (SSSR count). The topological polar surface area (TPSA) is 71.5 Å². The van der Waals surface area contributed by atoms with Crippen LogP contribution in [-0.2, 0) is 14.3 Å². The zero-order valence-corrected chi connectivity index (χ0v) is 16.2. The summed E-state index contributed by atoms with van der Waals surface area (Å²) >= 11 is 0. The van der Waals surface area contributed by atoms with E-state index in [1.54, 1.807) is 0 Å². The quantitative estimate of drug-likeness (QED) is 0.778. The van der Waals surface area contributed by atoms with Crippen molar-refractivity contribution in [1.82, 2.24) is 15.2 Å². The van der Waals surface area contributed by atoms with Gasteiger partial charge in [0, 0.05) is 31.6 Å². The van der Waals surface area contributed by atoms with Crippen LogP contribution in [0.4, 0.5) is 13.2 Å². The Morgan fingerprint density at radius 3 is 2.41 bits per heavy atom. The van der Waals surface area contributed by atoms with Gasteiger partial charge in [0.2, 0.25) is 5.91 Å². The number of carbonyl (C=O) groups is 2. The number of rotatable bonds is 6. The van der Waals surface area contributed by atoms with Crippen LogP contribution in [0.3, 0.4) is 0 Å². The molecular weight excluding hydrogens is 387 g/mol. The highest BCUT2D eigenvalue weighted by Gasteiger charge is 2.47. The van der Waals surface area contributed by atoms with Crippen molar-refractivity contribution in [2.45, 2.75) is 69.3 Å². The van der Waals surface area contributed by atoms with E-state index in [2.05, 4.69) is 10.3 Å². The summed E-state index contributed by atoms with van der Waals surface area (Å²) in [4.78, 5) is 29.9. The molecule has 1 aromatic heterocycles. The maximum Gasteiger partial charge on any atom is 0.471 e. The average molecular weight is 413 g/mol. The smallest absolute Gasteiger partial charge is 0.376 e. The fourth-order valence-electron chi connectivity index (χ4n) is 4.02. The third-order valence-corrected chi connectivity index (χ3v) is 5.46. The molecule has 2 fully saturated rings. The van der Waals surface area contributed by atoms with Crippen LogP contribution in [0.2, 0.25) is 0 Å². The van der Waals surface area contributed by atoms with E-state index in [-0.39, 0.29) is 12.6 Å². The van der Waals surface area contributed by atoms with E-state index in [1.165, 1.54) is 24.5 Å². The molecule has 2 atom stereocenters. The van der Waals surface area contributed by atoms with E-state index < -0.39 is 30.1 Å². The third kappa shape index (κ3) is 5.68. The second-order valence-electron chi connectivity index (χ2n) is 7.62. The van der Waals surface area contributed by atoms with Gasteiger partial charge in [0.15, 0.2) is 0 Å². The van der Waals surface area contributed by atoms with Gasteiger partial charge in [0.05, 0.1) is 6.10 Å². The van der Waals surface area contributed by atoms with E-state index in [0.29, 0.717) is 29.9 Å². The van der Waals surface area contributed by atoms with Crippen molar-refractivity contribution < 1.29 is 27.5 Å². The number of hydrogen-bond donors (Lipinski definition) is 1. The number of amides is 2. The van der Waals surface area contributed by atoms with Crippen LogP contribution in [0.1, 0.15) is 56.6 Å². The Balaban J connectivity index is 1.90. The molecule has 1 saturated carbocycles. The van der Waals surface area contributed by atoms with Crippen LogP contribution in [0.25, 0.3) is 0 Å². The number of nitrogens with one attached hydrogen (secondary N) is 1. The first kappa shape index (κ1) is 21.5. The van der Waals surface area contributed by atoms with Crippen molar-refractivity contribution in [3.05, 3.63) is 30.1 Å². The fraction of sp³-hybridized carbons (Fsp3) is 0.650. The van der Waals surface area contributed by atoms with Gasteiger partial charge in [-0.05, 0) is 43.4 Å². The van der Waals surface area contributed by atoms with Gasteiger partial charge in [0.1, 0.15) is 6.04 Å². The summed E-state index contributed by atoms with van der Waals surface area (Å²) in [6.07, 6.45) is 3.04. The van der Waals surface area contributed by atoms with Crippen LogP contribution in [0.15, 0.2) is 24.5 Å². The molecule has 2 heterocycles. The predicted molar refractivity (Wildman–Crippen MR) is 98.7 cm³/mol. The second kappa shape index (κ2) is 9.56. The first-order valence-electron chi connectivity index (χ1n) is 10.1. The Labute approximate surface area is 167 Å². The molecule has 1 aliphatic heterocycles. The molecule has 6 nitrogen and oxygen atoms in total. The van der Waals surface area contributed by atoms with Crippen molar-refractivity contribution in [2.24, 2.45) is 0 Å². The lowest BCUT2D eigenvalue weighted by Crippen LogP contribution is -2.52. The number of aromatic nitrogens is 1. The number of hydrogen-bond acceptors (Lipinski definition) is 4. The van der Waals surface area contributed by atoms with E-state index >= 15 is 0 Å². The van der Waals surface area contributed by atoms with Crippen molar-refractivity contribution >= 4 is 11.8 Å². The Morgan fingerprint density at radius 1 is 1.14 bits per heavy atom.